The first-order valence-electron chi connectivity index (χ1n) is 8.51. The van der Waals surface area contributed by atoms with Gasteiger partial charge in [-0.3, -0.25) is 9.59 Å². The molecule has 0 bridgehead atoms. The standard InChI is InChI=1S/C18H25ClN2O4/c1-4-25-18(23)13-7-9-21(10-8-13)17(22)12(2)20-15-11-14(19)5-6-16(15)24-3/h5-6,11-13,20H,4,7-10H2,1-3H3/t12-/m1/s1. The number of nitrogens with zero attached hydrogens (tertiary/aromatic N) is 1. The van der Waals surface area contributed by atoms with Crippen LogP contribution in [0.4, 0.5) is 5.69 Å². The molecule has 1 N–H and O–H groups in total. The van der Waals surface area contributed by atoms with Gasteiger partial charge in [0, 0.05) is 18.1 Å². The van der Waals surface area contributed by atoms with Crippen LogP contribution in [0.25, 0.3) is 0 Å². The van der Waals surface area contributed by atoms with Crippen LogP contribution in [-0.4, -0.2) is 49.6 Å². The minimum Gasteiger partial charge on any atom is -0.495 e. The lowest BCUT2D eigenvalue weighted by atomic mass is 9.96. The monoisotopic (exact) mass is 368 g/mol. The number of hydrogen-bond acceptors (Lipinski definition) is 5. The molecule has 2 rings (SSSR count). The lowest BCUT2D eigenvalue weighted by Crippen LogP contribution is -2.46. The van der Waals surface area contributed by atoms with Crippen LogP contribution in [-0.2, 0) is 14.3 Å². The molecule has 1 heterocycles. The molecule has 0 unspecified atom stereocenters. The van der Waals surface area contributed by atoms with Crippen LogP contribution >= 0.6 is 11.6 Å². The predicted octanol–water partition coefficient (Wildman–Crippen LogP) is 2.95. The summed E-state index contributed by atoms with van der Waals surface area (Å²) in [6.45, 7) is 5.11. The molecule has 1 fully saturated rings. The number of likely N-dealkylation sites (tertiary alicyclic amines) is 1. The van der Waals surface area contributed by atoms with Crippen LogP contribution in [0.5, 0.6) is 5.75 Å². The van der Waals surface area contributed by atoms with Gasteiger partial charge in [0.15, 0.2) is 0 Å². The van der Waals surface area contributed by atoms with Crippen molar-refractivity contribution in [2.75, 3.05) is 32.1 Å². The Labute approximate surface area is 153 Å². The van der Waals surface area contributed by atoms with E-state index in [4.69, 9.17) is 21.1 Å². The molecule has 0 saturated carbocycles. The Balaban J connectivity index is 1.93. The fraction of sp³-hybridized carbons (Fsp3) is 0.556. The summed E-state index contributed by atoms with van der Waals surface area (Å²) in [6.07, 6.45) is 1.27. The van der Waals surface area contributed by atoms with Gasteiger partial charge in [-0.15, -0.1) is 0 Å². The summed E-state index contributed by atoms with van der Waals surface area (Å²) >= 11 is 6.02. The maximum Gasteiger partial charge on any atom is 0.309 e. The number of anilines is 1. The first-order valence-corrected chi connectivity index (χ1v) is 8.89. The Morgan fingerprint density at radius 2 is 2.04 bits per heavy atom. The number of rotatable bonds is 6. The van der Waals surface area contributed by atoms with E-state index in [0.717, 1.165) is 0 Å². The molecule has 0 spiro atoms. The van der Waals surface area contributed by atoms with Gasteiger partial charge in [0.25, 0.3) is 0 Å². The first-order chi connectivity index (χ1) is 12.0. The second-order valence-corrected chi connectivity index (χ2v) is 6.50. The minimum absolute atomic E-state index is 0.00987. The van der Waals surface area contributed by atoms with Crippen molar-refractivity contribution in [1.82, 2.24) is 4.90 Å². The van der Waals surface area contributed by atoms with Gasteiger partial charge in [0.05, 0.1) is 25.3 Å². The number of methoxy groups -OCH3 is 1. The van der Waals surface area contributed by atoms with E-state index in [1.165, 1.54) is 0 Å². The SMILES string of the molecule is CCOC(=O)C1CCN(C(=O)[C@@H](C)Nc2cc(Cl)ccc2OC)CC1. The van der Waals surface area contributed by atoms with Crippen LogP contribution in [0.2, 0.25) is 5.02 Å². The Hall–Kier alpha value is -1.95. The van der Waals surface area contributed by atoms with E-state index in [0.29, 0.717) is 49.0 Å². The fourth-order valence-electron chi connectivity index (χ4n) is 2.96. The summed E-state index contributed by atoms with van der Waals surface area (Å²) in [5.74, 6) is 0.346. The van der Waals surface area contributed by atoms with Crippen LogP contribution in [0, 0.1) is 5.92 Å². The summed E-state index contributed by atoms with van der Waals surface area (Å²) in [4.78, 5) is 26.2. The van der Waals surface area contributed by atoms with Crippen molar-refractivity contribution in [3.8, 4) is 5.75 Å². The third-order valence-corrected chi connectivity index (χ3v) is 4.57. The topological polar surface area (TPSA) is 67.9 Å². The van der Waals surface area contributed by atoms with E-state index in [9.17, 15) is 9.59 Å². The van der Waals surface area contributed by atoms with Crippen molar-refractivity contribution < 1.29 is 19.1 Å². The zero-order valence-corrected chi connectivity index (χ0v) is 15.6. The second-order valence-electron chi connectivity index (χ2n) is 6.06. The van der Waals surface area contributed by atoms with Gasteiger partial charge in [-0.2, -0.15) is 0 Å². The van der Waals surface area contributed by atoms with Crippen molar-refractivity contribution in [3.05, 3.63) is 23.2 Å². The van der Waals surface area contributed by atoms with E-state index in [1.54, 1.807) is 44.1 Å². The summed E-state index contributed by atoms with van der Waals surface area (Å²) in [5.41, 5.74) is 0.678. The summed E-state index contributed by atoms with van der Waals surface area (Å²) in [7, 11) is 1.57. The normalized spacial score (nSPS) is 16.2. The summed E-state index contributed by atoms with van der Waals surface area (Å²) in [6, 6.07) is 4.80. The molecule has 1 aromatic carbocycles. The molecule has 1 aliphatic heterocycles. The quantitative estimate of drug-likeness (QED) is 0.782. The van der Waals surface area contributed by atoms with Crippen molar-refractivity contribution in [3.63, 3.8) is 0 Å². The summed E-state index contributed by atoms with van der Waals surface area (Å²) in [5, 5.41) is 3.73. The van der Waals surface area contributed by atoms with Crippen molar-refractivity contribution in [2.45, 2.75) is 32.7 Å². The van der Waals surface area contributed by atoms with Crippen LogP contribution in [0.1, 0.15) is 26.7 Å². The molecule has 1 atom stereocenters. The number of benzene rings is 1. The zero-order valence-electron chi connectivity index (χ0n) is 14.9. The maximum absolute atomic E-state index is 12.7. The van der Waals surface area contributed by atoms with Crippen molar-refractivity contribution >= 4 is 29.2 Å². The van der Waals surface area contributed by atoms with Crippen LogP contribution in [0.15, 0.2) is 18.2 Å². The van der Waals surface area contributed by atoms with E-state index in [2.05, 4.69) is 5.32 Å². The highest BCUT2D eigenvalue weighted by Crippen LogP contribution is 2.28. The molecule has 1 aromatic rings. The first kappa shape index (κ1) is 19.4. The lowest BCUT2D eigenvalue weighted by Gasteiger charge is -2.33. The van der Waals surface area contributed by atoms with Gasteiger partial charge in [-0.1, -0.05) is 11.6 Å². The summed E-state index contributed by atoms with van der Waals surface area (Å²) < 4.78 is 10.4. The fourth-order valence-corrected chi connectivity index (χ4v) is 3.13. The van der Waals surface area contributed by atoms with Crippen LogP contribution < -0.4 is 10.1 Å². The number of hydrogen-bond donors (Lipinski definition) is 1. The number of piperidine rings is 1. The smallest absolute Gasteiger partial charge is 0.309 e. The molecule has 138 valence electrons. The average molecular weight is 369 g/mol. The molecule has 6 nitrogen and oxygen atoms in total. The molecule has 1 amide bonds. The molecule has 0 radical (unpaired) electrons. The van der Waals surface area contributed by atoms with Crippen molar-refractivity contribution in [2.24, 2.45) is 5.92 Å². The highest BCUT2D eigenvalue weighted by molar-refractivity contribution is 6.30. The molecular weight excluding hydrogens is 344 g/mol. The Morgan fingerprint density at radius 1 is 1.36 bits per heavy atom. The van der Waals surface area contributed by atoms with Gasteiger partial charge in [-0.05, 0) is 44.9 Å². The third-order valence-electron chi connectivity index (χ3n) is 4.33. The second kappa shape index (κ2) is 8.94. The molecule has 1 aliphatic rings. The van der Waals surface area contributed by atoms with E-state index >= 15 is 0 Å². The van der Waals surface area contributed by atoms with Gasteiger partial charge in [-0.25, -0.2) is 0 Å². The number of esters is 1. The van der Waals surface area contributed by atoms with Crippen molar-refractivity contribution in [1.29, 1.82) is 0 Å². The largest absolute Gasteiger partial charge is 0.495 e. The van der Waals surface area contributed by atoms with Crippen LogP contribution in [0.3, 0.4) is 0 Å². The van der Waals surface area contributed by atoms with Gasteiger partial charge < -0.3 is 19.7 Å². The Bertz CT molecular complexity index is 615. The lowest BCUT2D eigenvalue weighted by molar-refractivity contribution is -0.151. The van der Waals surface area contributed by atoms with E-state index in [-0.39, 0.29) is 17.8 Å². The molecule has 7 heteroatoms. The Kier molecular flexibility index (Phi) is 6.93. The molecule has 25 heavy (non-hydrogen) atoms. The zero-order chi connectivity index (χ0) is 18.4. The van der Waals surface area contributed by atoms with Gasteiger partial charge >= 0.3 is 5.97 Å². The molecule has 0 aliphatic carbocycles. The predicted molar refractivity (Wildman–Crippen MR) is 97.0 cm³/mol. The van der Waals surface area contributed by atoms with Gasteiger partial charge in [0.1, 0.15) is 11.8 Å². The number of halogens is 1. The number of carbonyl (C=O) groups excluding carboxylic acids is 2. The maximum atomic E-state index is 12.7. The average Bonchev–Trinajstić information content (AvgIpc) is 2.61. The minimum atomic E-state index is -0.425. The molecular formula is C18H25ClN2O4. The molecule has 0 aromatic heterocycles. The number of amides is 1. The van der Waals surface area contributed by atoms with E-state index < -0.39 is 6.04 Å². The highest BCUT2D eigenvalue weighted by Gasteiger charge is 2.30. The third kappa shape index (κ3) is 5.01. The number of ether oxygens (including phenoxy) is 2. The Morgan fingerprint density at radius 3 is 2.64 bits per heavy atom. The number of nitrogens with one attached hydrogen (secondary N) is 1. The molecule has 1 saturated heterocycles. The van der Waals surface area contributed by atoms with E-state index in [1.807, 2.05) is 0 Å². The highest BCUT2D eigenvalue weighted by atomic mass is 35.5. The van der Waals surface area contributed by atoms with Gasteiger partial charge in [0.2, 0.25) is 5.91 Å². The number of carbonyl (C=O) groups is 2.